The summed E-state index contributed by atoms with van der Waals surface area (Å²) in [6.07, 6.45) is 0. The van der Waals surface area contributed by atoms with E-state index in [-0.39, 0.29) is 0 Å². The first-order chi connectivity index (χ1) is 66.1. The first kappa shape index (κ1) is 86.5. The zero-order valence-corrected chi connectivity index (χ0v) is 79.6. The third-order valence-electron chi connectivity index (χ3n) is 26.5. The summed E-state index contributed by atoms with van der Waals surface area (Å²) in [5, 5.41) is 13.5. The molecule has 0 aliphatic rings. The van der Waals surface area contributed by atoms with E-state index in [1.165, 1.54) is 0 Å². The van der Waals surface area contributed by atoms with E-state index in [0.29, 0.717) is 0 Å². The van der Waals surface area contributed by atoms with Gasteiger partial charge in [0, 0.05) is 34.1 Å². The van der Waals surface area contributed by atoms with Crippen molar-refractivity contribution in [2.24, 2.45) is 0 Å². The third-order valence-corrected chi connectivity index (χ3v) is 42.3. The second-order valence-electron chi connectivity index (χ2n) is 34.8. The molecule has 0 aromatic heterocycles. The molecule has 4 nitrogen and oxygen atoms in total. The molecule has 0 radical (unpaired) electrons. The Kier molecular flexibility index (Phi) is 25.1. The van der Waals surface area contributed by atoms with Crippen LogP contribution in [0.3, 0.4) is 0 Å². The lowest BCUT2D eigenvalue weighted by Crippen LogP contribution is -2.71. The fraction of sp³-hybridized carbons (Fsp3) is 0.0476. The van der Waals surface area contributed by atoms with Crippen LogP contribution < -0.4 is 79.9 Å². The Bertz CT molecular complexity index is 6060. The molecule has 0 atom stereocenters. The van der Waals surface area contributed by atoms with Gasteiger partial charge in [-0.3, -0.25) is 0 Å². The number of hydrogen-bond acceptors (Lipinski definition) is 4. The number of aryl methyl sites for hydroxylation is 4. The van der Waals surface area contributed by atoms with Gasteiger partial charge in [0.2, 0.25) is 0 Å². The zero-order chi connectivity index (χ0) is 90.7. The third kappa shape index (κ3) is 16.8. The Balaban J connectivity index is 0.931. The molecule has 0 heterocycles. The van der Waals surface area contributed by atoms with Crippen molar-refractivity contribution >= 4 is 95.5 Å². The highest BCUT2D eigenvalue weighted by Gasteiger charge is 2.50. The van der Waals surface area contributed by atoms with Crippen molar-refractivity contribution < 1.29 is 17.7 Å². The largest absolute Gasteiger partial charge is 0.530 e. The van der Waals surface area contributed by atoms with E-state index in [1.807, 2.05) is 0 Å². The van der Waals surface area contributed by atoms with Crippen LogP contribution in [0.2, 0.25) is 0 Å². The fourth-order valence-electron chi connectivity index (χ4n) is 20.3. The van der Waals surface area contributed by atoms with E-state index < -0.39 is 45.1 Å². The van der Waals surface area contributed by atoms with Crippen LogP contribution in [-0.4, -0.2) is 33.3 Å². The summed E-state index contributed by atoms with van der Waals surface area (Å²) in [6, 6.07) is 196. The summed E-state index contributed by atoms with van der Waals surface area (Å²) in [5.74, 6) is 2.13. The van der Waals surface area contributed by atoms with Crippen molar-refractivity contribution in [1.82, 2.24) is 0 Å². The molecule has 0 saturated carbocycles. The monoisotopic (exact) mass is 1790 g/mol. The predicted molar refractivity (Wildman–Crippen MR) is 569 cm³/mol. The summed E-state index contributed by atoms with van der Waals surface area (Å²) in [5.41, 5.74) is 16.2. The highest BCUT2D eigenvalue weighted by molar-refractivity contribution is 7.09. The van der Waals surface area contributed by atoms with Gasteiger partial charge in [-0.2, -0.15) is 0 Å². The Morgan fingerprint density at radius 2 is 0.254 bits per heavy atom. The van der Waals surface area contributed by atoms with Crippen molar-refractivity contribution in [2.75, 3.05) is 0 Å². The van der Waals surface area contributed by atoms with Crippen molar-refractivity contribution in [3.8, 4) is 67.5 Å². The Hall–Kier alpha value is -15.5. The van der Waals surface area contributed by atoms with Crippen LogP contribution in [0.1, 0.15) is 56.3 Å². The smallest absolute Gasteiger partial charge is 0.346 e. The van der Waals surface area contributed by atoms with E-state index in [4.69, 9.17) is 17.7 Å². The maximum atomic E-state index is 8.58. The molecule has 0 N–H and O–H groups in total. The molecular formula is C126H102O4Si4. The quantitative estimate of drug-likeness (QED) is 0.0346. The van der Waals surface area contributed by atoms with Crippen molar-refractivity contribution in [3.63, 3.8) is 0 Å². The fourth-order valence-corrected chi connectivity index (χ4v) is 36.0. The van der Waals surface area contributed by atoms with Crippen LogP contribution in [0.4, 0.5) is 0 Å². The standard InChI is InChI=1S/C126H102O4Si4/c1-93-85-101(89-117(97-53-21-5-22-54-97)123(93)127-131(105-61-29-9-30-62-105,106-63-31-10-32-64-106)107-65-33-11-34-66-107)121(102-86-94(2)124(118(90-102)98-55-23-6-24-56-98)128-132(108-67-35-12-36-68-108,109-69-37-13-38-70-109)110-71-39-14-40-72-110)122(103-87-95(3)125(119(91-103)99-57-25-7-26-58-99)129-133(111-73-41-15-42-74-111,112-75-43-16-44-76-112)113-77-45-17-46-78-113)104-88-96(4)126(120(92-104)100-59-27-8-28-60-100)130-134(114-79-47-18-48-80-114,115-81-49-19-50-82-115)116-83-51-20-52-84-116/h5-92,121-122H,1-4H3. The average molecular weight is 1790 g/mol. The van der Waals surface area contributed by atoms with Gasteiger partial charge in [-0.1, -0.05) is 510 Å². The van der Waals surface area contributed by atoms with E-state index in [9.17, 15) is 0 Å². The summed E-state index contributed by atoms with van der Waals surface area (Å²) >= 11 is 0. The first-order valence-corrected chi connectivity index (χ1v) is 53.9. The van der Waals surface area contributed by atoms with Crippen LogP contribution >= 0.6 is 0 Å². The second-order valence-corrected chi connectivity index (χ2v) is 48.0. The summed E-state index contributed by atoms with van der Waals surface area (Å²) < 4.78 is 34.3. The topological polar surface area (TPSA) is 36.9 Å². The normalized spacial score (nSPS) is 11.7. The molecule has 646 valence electrons. The van der Waals surface area contributed by atoms with Crippen LogP contribution in [0.15, 0.2) is 534 Å². The number of rotatable bonds is 29. The molecule has 20 aromatic rings. The van der Waals surface area contributed by atoms with Crippen LogP contribution in [0.25, 0.3) is 44.5 Å². The van der Waals surface area contributed by atoms with Gasteiger partial charge in [0.1, 0.15) is 23.0 Å². The van der Waals surface area contributed by atoms with Gasteiger partial charge in [-0.25, -0.2) is 0 Å². The van der Waals surface area contributed by atoms with Gasteiger partial charge < -0.3 is 17.7 Å². The molecule has 0 unspecified atom stereocenters. The second kappa shape index (κ2) is 38.9. The molecular weight excluding hydrogens is 1690 g/mol. The maximum absolute atomic E-state index is 8.58. The molecule has 0 fully saturated rings. The molecule has 0 aliphatic carbocycles. The van der Waals surface area contributed by atoms with Gasteiger partial charge >= 0.3 is 33.3 Å². The maximum Gasteiger partial charge on any atom is 0.346 e. The summed E-state index contributed by atoms with van der Waals surface area (Å²) in [7, 11) is -14.2. The van der Waals surface area contributed by atoms with Crippen molar-refractivity contribution in [2.45, 2.75) is 39.5 Å². The lowest BCUT2D eigenvalue weighted by Gasteiger charge is -2.38. The van der Waals surface area contributed by atoms with Gasteiger partial charge in [-0.15, -0.1) is 0 Å². The number of hydrogen-bond donors (Lipinski definition) is 0. The molecule has 0 spiro atoms. The molecule has 20 rings (SSSR count). The van der Waals surface area contributed by atoms with Crippen molar-refractivity contribution in [1.29, 1.82) is 0 Å². The average Bonchev–Trinajstić information content (AvgIpc) is 0.757. The van der Waals surface area contributed by atoms with E-state index in [0.717, 1.165) is 174 Å². The molecule has 0 amide bonds. The minimum absolute atomic E-state index is 0.554. The molecule has 20 aromatic carbocycles. The predicted octanol–water partition coefficient (Wildman–Crippen LogP) is 22.7. The SMILES string of the molecule is Cc1cc(C(c2cc(C)c(O[Si](c3ccccc3)(c3ccccc3)c3ccccc3)c(-c3ccccc3)c2)C(c2cc(C)c(O[Si](c3ccccc3)(c3ccccc3)c3ccccc3)c(-c3ccccc3)c2)c2cc(C)c(O[Si](c3ccccc3)(c3ccccc3)c3ccccc3)c(-c3ccccc3)c2)cc(-c2ccccc2)c1O[Si](c1ccccc1)(c1ccccc1)c1ccccc1. The van der Waals surface area contributed by atoms with Crippen LogP contribution in [0.5, 0.6) is 23.0 Å². The Morgan fingerprint density at radius 3 is 0.373 bits per heavy atom. The van der Waals surface area contributed by atoms with Gasteiger partial charge in [0.05, 0.1) is 0 Å². The molecule has 0 aliphatic heterocycles. The van der Waals surface area contributed by atoms with Gasteiger partial charge in [-0.05, 0) is 181 Å². The van der Waals surface area contributed by atoms with Crippen LogP contribution in [0, 0.1) is 27.7 Å². The molecule has 0 bridgehead atoms. The molecule has 8 heteroatoms. The minimum Gasteiger partial charge on any atom is -0.530 e. The molecule has 0 saturated heterocycles. The summed E-state index contributed by atoms with van der Waals surface area (Å²) in [6.45, 7) is 9.14. The first-order valence-electron chi connectivity index (χ1n) is 46.3. The minimum atomic E-state index is -3.54. The van der Waals surface area contributed by atoms with E-state index in [1.54, 1.807) is 0 Å². The zero-order valence-electron chi connectivity index (χ0n) is 75.6. The lowest BCUT2D eigenvalue weighted by molar-refractivity contribution is 0.569. The highest BCUT2D eigenvalue weighted by atomic mass is 28.4. The van der Waals surface area contributed by atoms with Crippen LogP contribution in [-0.2, 0) is 0 Å². The Morgan fingerprint density at radius 1 is 0.142 bits per heavy atom. The summed E-state index contributed by atoms with van der Waals surface area (Å²) in [4.78, 5) is 0. The van der Waals surface area contributed by atoms with Gasteiger partial charge in [0.25, 0.3) is 0 Å². The highest BCUT2D eigenvalue weighted by Crippen LogP contribution is 2.53. The number of benzene rings is 20. The Labute approximate surface area is 792 Å². The van der Waals surface area contributed by atoms with Crippen molar-refractivity contribution in [3.05, 3.63) is 578 Å². The molecule has 134 heavy (non-hydrogen) atoms. The van der Waals surface area contributed by atoms with Gasteiger partial charge in [0.15, 0.2) is 0 Å². The van der Waals surface area contributed by atoms with E-state index >= 15 is 0 Å². The van der Waals surface area contributed by atoms with E-state index in [2.05, 4.69) is 562 Å². The lowest BCUT2D eigenvalue weighted by atomic mass is 9.71.